The third-order valence-corrected chi connectivity index (χ3v) is 3.77. The molecule has 0 saturated carbocycles. The fraction of sp³-hybridized carbons (Fsp3) is 0.0667. The first-order chi connectivity index (χ1) is 9.16. The van der Waals surface area contributed by atoms with Gasteiger partial charge in [-0.2, -0.15) is 0 Å². The Bertz CT molecular complexity index is 757. The van der Waals surface area contributed by atoms with Gasteiger partial charge in [0.15, 0.2) is 5.52 Å². The predicted octanol–water partition coefficient (Wildman–Crippen LogP) is 3.45. The van der Waals surface area contributed by atoms with Gasteiger partial charge in [0.05, 0.1) is 10.9 Å². The third kappa shape index (κ3) is 2.16. The standard InChI is InChI=1S/C15H11IN2O/c1-10-13-9-12(16)7-8-14(13)17-15(18(10)19)11-5-3-2-4-6-11/h2-9H,1H3. The van der Waals surface area contributed by atoms with E-state index >= 15 is 0 Å². The first kappa shape index (κ1) is 12.3. The second-order valence-electron chi connectivity index (χ2n) is 4.34. The Morgan fingerprint density at radius 1 is 1.11 bits per heavy atom. The van der Waals surface area contributed by atoms with Crippen LogP contribution in [0.2, 0.25) is 0 Å². The van der Waals surface area contributed by atoms with Gasteiger partial charge in [-0.05, 0) is 64.8 Å². The maximum absolute atomic E-state index is 12.3. The molecule has 0 aliphatic carbocycles. The zero-order valence-corrected chi connectivity index (χ0v) is 12.5. The van der Waals surface area contributed by atoms with Crippen LogP contribution < -0.4 is 4.73 Å². The van der Waals surface area contributed by atoms with Gasteiger partial charge in [0.2, 0.25) is 0 Å². The van der Waals surface area contributed by atoms with E-state index < -0.39 is 0 Å². The Morgan fingerprint density at radius 3 is 2.58 bits per heavy atom. The Hall–Kier alpha value is -1.69. The summed E-state index contributed by atoms with van der Waals surface area (Å²) in [5, 5.41) is 13.3. The highest BCUT2D eigenvalue weighted by Crippen LogP contribution is 2.21. The summed E-state index contributed by atoms with van der Waals surface area (Å²) in [6.45, 7) is 1.83. The van der Waals surface area contributed by atoms with Crippen molar-refractivity contribution >= 4 is 33.5 Å². The fourth-order valence-electron chi connectivity index (χ4n) is 2.09. The van der Waals surface area contributed by atoms with Gasteiger partial charge >= 0.3 is 5.82 Å². The minimum absolute atomic E-state index is 0.451. The molecule has 0 atom stereocenters. The SMILES string of the molecule is Cc1c2cc(I)ccc2nc(-c2ccccc2)[n+]1[O-]. The quantitative estimate of drug-likeness (QED) is 0.378. The molecule has 0 aliphatic heterocycles. The summed E-state index contributed by atoms with van der Waals surface area (Å²) in [6.07, 6.45) is 0. The highest BCUT2D eigenvalue weighted by Gasteiger charge is 2.17. The van der Waals surface area contributed by atoms with Gasteiger partial charge in [-0.1, -0.05) is 18.2 Å². The Morgan fingerprint density at radius 2 is 1.84 bits per heavy atom. The molecule has 0 unspecified atom stereocenters. The number of hydrogen-bond donors (Lipinski definition) is 0. The van der Waals surface area contributed by atoms with Gasteiger partial charge in [0.1, 0.15) is 5.69 Å². The van der Waals surface area contributed by atoms with Crippen LogP contribution >= 0.6 is 22.6 Å². The summed E-state index contributed by atoms with van der Waals surface area (Å²) >= 11 is 2.24. The van der Waals surface area contributed by atoms with Crippen LogP contribution in [0.4, 0.5) is 0 Å². The second kappa shape index (κ2) is 4.77. The van der Waals surface area contributed by atoms with Crippen molar-refractivity contribution in [3.8, 4) is 11.4 Å². The molecule has 0 fully saturated rings. The van der Waals surface area contributed by atoms with E-state index in [1.54, 1.807) is 0 Å². The molecule has 3 rings (SSSR count). The average molecular weight is 362 g/mol. The van der Waals surface area contributed by atoms with Crippen LogP contribution in [0.3, 0.4) is 0 Å². The summed E-state index contributed by atoms with van der Waals surface area (Å²) in [6, 6.07) is 15.5. The zero-order chi connectivity index (χ0) is 13.4. The van der Waals surface area contributed by atoms with Crippen molar-refractivity contribution in [1.29, 1.82) is 0 Å². The number of nitrogens with zero attached hydrogens (tertiary/aromatic N) is 2. The van der Waals surface area contributed by atoms with Crippen LogP contribution in [-0.4, -0.2) is 4.98 Å². The lowest BCUT2D eigenvalue weighted by molar-refractivity contribution is -0.601. The topological polar surface area (TPSA) is 39.8 Å². The second-order valence-corrected chi connectivity index (χ2v) is 5.59. The number of hydrogen-bond acceptors (Lipinski definition) is 2. The highest BCUT2D eigenvalue weighted by molar-refractivity contribution is 14.1. The van der Waals surface area contributed by atoms with E-state index in [9.17, 15) is 5.21 Å². The van der Waals surface area contributed by atoms with Gasteiger partial charge in [0, 0.05) is 3.57 Å². The van der Waals surface area contributed by atoms with Crippen molar-refractivity contribution in [2.24, 2.45) is 0 Å². The lowest BCUT2D eigenvalue weighted by atomic mass is 10.1. The van der Waals surface area contributed by atoms with Crippen molar-refractivity contribution in [2.45, 2.75) is 6.92 Å². The molecule has 4 heteroatoms. The van der Waals surface area contributed by atoms with Crippen LogP contribution in [0.1, 0.15) is 5.69 Å². The van der Waals surface area contributed by atoms with E-state index in [2.05, 4.69) is 27.6 Å². The van der Waals surface area contributed by atoms with E-state index in [0.29, 0.717) is 11.5 Å². The van der Waals surface area contributed by atoms with Crippen molar-refractivity contribution in [3.05, 3.63) is 63.0 Å². The lowest BCUT2D eigenvalue weighted by Crippen LogP contribution is -2.34. The van der Waals surface area contributed by atoms with E-state index in [1.165, 1.54) is 0 Å². The molecule has 19 heavy (non-hydrogen) atoms. The van der Waals surface area contributed by atoms with Gasteiger partial charge in [-0.25, -0.2) is 4.73 Å². The lowest BCUT2D eigenvalue weighted by Gasteiger charge is -2.11. The van der Waals surface area contributed by atoms with E-state index in [4.69, 9.17) is 0 Å². The molecule has 0 N–H and O–H groups in total. The molecule has 94 valence electrons. The van der Waals surface area contributed by atoms with Crippen LogP contribution in [0, 0.1) is 15.7 Å². The molecule has 0 radical (unpaired) electrons. The van der Waals surface area contributed by atoms with Gasteiger partial charge in [-0.15, -0.1) is 0 Å². The molecule has 1 heterocycles. The van der Waals surface area contributed by atoms with E-state index in [0.717, 1.165) is 24.8 Å². The Kier molecular flexibility index (Phi) is 3.10. The molecule has 0 saturated heterocycles. The summed E-state index contributed by atoms with van der Waals surface area (Å²) in [5.41, 5.74) is 2.37. The smallest absolute Gasteiger partial charge is 0.334 e. The van der Waals surface area contributed by atoms with Crippen LogP contribution in [0.5, 0.6) is 0 Å². The van der Waals surface area contributed by atoms with E-state index in [-0.39, 0.29) is 0 Å². The highest BCUT2D eigenvalue weighted by atomic mass is 127. The maximum Gasteiger partial charge on any atom is 0.334 e. The first-order valence-corrected chi connectivity index (χ1v) is 6.99. The van der Waals surface area contributed by atoms with Crippen LogP contribution in [-0.2, 0) is 0 Å². The molecule has 0 amide bonds. The normalized spacial score (nSPS) is 10.8. The fourth-order valence-corrected chi connectivity index (χ4v) is 2.58. The van der Waals surface area contributed by atoms with Gasteiger partial charge in [0.25, 0.3) is 0 Å². The molecular weight excluding hydrogens is 351 g/mol. The largest absolute Gasteiger partial charge is 0.710 e. The molecule has 0 spiro atoms. The average Bonchev–Trinajstić information content (AvgIpc) is 2.44. The molecule has 0 bridgehead atoms. The number of aromatic nitrogens is 2. The van der Waals surface area contributed by atoms with Gasteiger partial charge in [-0.3, -0.25) is 0 Å². The summed E-state index contributed by atoms with van der Waals surface area (Å²) in [5.74, 6) is 0.451. The molecule has 3 nitrogen and oxygen atoms in total. The van der Waals surface area contributed by atoms with Crippen molar-refractivity contribution in [2.75, 3.05) is 0 Å². The first-order valence-electron chi connectivity index (χ1n) is 5.91. The molecular formula is C15H11IN2O. The minimum Gasteiger partial charge on any atom is -0.710 e. The predicted molar refractivity (Wildman–Crippen MR) is 83.6 cm³/mol. The molecule has 0 aliphatic rings. The Balaban J connectivity index is 2.34. The van der Waals surface area contributed by atoms with Crippen molar-refractivity contribution in [1.82, 2.24) is 4.98 Å². The summed E-state index contributed by atoms with van der Waals surface area (Å²) < 4.78 is 2.01. The molecule has 2 aromatic carbocycles. The monoisotopic (exact) mass is 362 g/mol. The summed E-state index contributed by atoms with van der Waals surface area (Å²) in [7, 11) is 0. The van der Waals surface area contributed by atoms with Crippen molar-refractivity contribution < 1.29 is 4.73 Å². The number of fused-ring (bicyclic) bond motifs is 1. The molecule has 1 aromatic heterocycles. The number of halogens is 1. The number of rotatable bonds is 1. The van der Waals surface area contributed by atoms with Gasteiger partial charge < -0.3 is 5.21 Å². The number of aryl methyl sites for hydroxylation is 1. The third-order valence-electron chi connectivity index (χ3n) is 3.10. The summed E-state index contributed by atoms with van der Waals surface area (Å²) in [4.78, 5) is 4.49. The number of benzene rings is 2. The van der Waals surface area contributed by atoms with Crippen LogP contribution in [0.15, 0.2) is 48.5 Å². The van der Waals surface area contributed by atoms with Crippen LogP contribution in [0.25, 0.3) is 22.3 Å². The van der Waals surface area contributed by atoms with Crippen molar-refractivity contribution in [3.63, 3.8) is 0 Å². The van der Waals surface area contributed by atoms with E-state index in [1.807, 2.05) is 55.5 Å². The zero-order valence-electron chi connectivity index (χ0n) is 10.3. The Labute approximate surface area is 124 Å². The maximum atomic E-state index is 12.3. The minimum atomic E-state index is 0.451. The molecule has 3 aromatic rings.